The number of pyridine rings is 1. The van der Waals surface area contributed by atoms with E-state index in [1.165, 1.54) is 36.2 Å². The van der Waals surface area contributed by atoms with Gasteiger partial charge in [-0.1, -0.05) is 12.1 Å². The summed E-state index contributed by atoms with van der Waals surface area (Å²) in [6.07, 6.45) is 4.71. The molecule has 1 N–H and O–H groups in total. The van der Waals surface area contributed by atoms with Crippen molar-refractivity contribution in [3.05, 3.63) is 53.6 Å². The summed E-state index contributed by atoms with van der Waals surface area (Å²) in [6.45, 7) is 2.29. The Balaban J connectivity index is 1.69. The van der Waals surface area contributed by atoms with E-state index in [1.807, 2.05) is 6.07 Å². The smallest absolute Gasteiger partial charge is 0.213 e. The summed E-state index contributed by atoms with van der Waals surface area (Å²) in [6, 6.07) is 10.4. The molecule has 2 atom stereocenters. The van der Waals surface area contributed by atoms with Crippen LogP contribution in [0.4, 0.5) is 4.39 Å². The molecule has 0 amide bonds. The van der Waals surface area contributed by atoms with Gasteiger partial charge in [-0.3, -0.25) is 4.90 Å². The minimum Gasteiger partial charge on any atom is -0.396 e. The second-order valence-corrected chi connectivity index (χ2v) is 6.56. The zero-order chi connectivity index (χ0) is 15.8. The molecule has 2 aliphatic rings. The quantitative estimate of drug-likeness (QED) is 0.878. The fraction of sp³-hybridized carbons (Fsp3) is 0.421. The maximum absolute atomic E-state index is 13.4. The summed E-state index contributed by atoms with van der Waals surface area (Å²) in [7, 11) is 0. The molecule has 0 spiro atoms. The van der Waals surface area contributed by atoms with Crippen molar-refractivity contribution in [3.63, 3.8) is 0 Å². The van der Waals surface area contributed by atoms with Crippen LogP contribution in [0.5, 0.6) is 0 Å². The van der Waals surface area contributed by atoms with Gasteiger partial charge >= 0.3 is 0 Å². The standard InChI is InChI=1S/C19H21FN2O/c20-19-12-14(4-6-21-19)13-2-3-16-15-5-8-22(7-1-9-23)18(11-15)17(16)10-13/h2-4,6,10,12,15,18,23H,1,5,7-9,11H2/t15-,18+/m1/s1. The lowest BCUT2D eigenvalue weighted by Crippen LogP contribution is -2.33. The van der Waals surface area contributed by atoms with Crippen LogP contribution in [0, 0.1) is 5.95 Å². The first kappa shape index (κ1) is 14.8. The molecule has 120 valence electrons. The Morgan fingerprint density at radius 1 is 1.17 bits per heavy atom. The van der Waals surface area contributed by atoms with Crippen LogP contribution in [0.15, 0.2) is 36.5 Å². The highest BCUT2D eigenvalue weighted by molar-refractivity contribution is 5.65. The van der Waals surface area contributed by atoms with E-state index in [1.54, 1.807) is 0 Å². The predicted molar refractivity (Wildman–Crippen MR) is 87.6 cm³/mol. The molecular weight excluding hydrogens is 291 g/mol. The molecule has 1 aliphatic heterocycles. The van der Waals surface area contributed by atoms with Gasteiger partial charge in [-0.15, -0.1) is 0 Å². The molecule has 1 fully saturated rings. The predicted octanol–water partition coefficient (Wildman–Crippen LogP) is 3.50. The van der Waals surface area contributed by atoms with E-state index in [0.717, 1.165) is 30.6 Å². The van der Waals surface area contributed by atoms with E-state index < -0.39 is 5.95 Å². The van der Waals surface area contributed by atoms with E-state index in [4.69, 9.17) is 5.11 Å². The van der Waals surface area contributed by atoms with E-state index in [9.17, 15) is 4.39 Å². The molecule has 1 aromatic heterocycles. The molecule has 23 heavy (non-hydrogen) atoms. The highest BCUT2D eigenvalue weighted by Gasteiger charge is 2.38. The Kier molecular flexibility index (Phi) is 3.87. The Hall–Kier alpha value is -1.78. The van der Waals surface area contributed by atoms with Crippen molar-refractivity contribution < 1.29 is 9.50 Å². The zero-order valence-corrected chi connectivity index (χ0v) is 13.1. The number of rotatable bonds is 4. The van der Waals surface area contributed by atoms with Crippen LogP contribution in [0.1, 0.15) is 42.3 Å². The molecule has 2 aromatic rings. The number of likely N-dealkylation sites (tertiary alicyclic amines) is 1. The highest BCUT2D eigenvalue weighted by atomic mass is 19.1. The third kappa shape index (κ3) is 2.66. The number of aromatic nitrogens is 1. The third-order valence-electron chi connectivity index (χ3n) is 5.26. The minimum atomic E-state index is -0.439. The van der Waals surface area contributed by atoms with Gasteiger partial charge in [0, 0.05) is 31.5 Å². The molecule has 2 bridgehead atoms. The van der Waals surface area contributed by atoms with Crippen molar-refractivity contribution in [1.82, 2.24) is 9.88 Å². The number of halogens is 1. The van der Waals surface area contributed by atoms with Crippen molar-refractivity contribution in [3.8, 4) is 11.1 Å². The van der Waals surface area contributed by atoms with Gasteiger partial charge in [0.2, 0.25) is 5.95 Å². The molecule has 3 nitrogen and oxygen atoms in total. The largest absolute Gasteiger partial charge is 0.396 e. The van der Waals surface area contributed by atoms with Crippen LogP contribution in [0.3, 0.4) is 0 Å². The molecule has 0 unspecified atom stereocenters. The van der Waals surface area contributed by atoms with E-state index >= 15 is 0 Å². The van der Waals surface area contributed by atoms with Crippen molar-refractivity contribution >= 4 is 0 Å². The number of aliphatic hydroxyl groups is 1. The van der Waals surface area contributed by atoms with Gasteiger partial charge in [0.15, 0.2) is 0 Å². The number of benzene rings is 1. The molecule has 0 radical (unpaired) electrons. The normalized spacial score (nSPS) is 23.0. The van der Waals surface area contributed by atoms with Gasteiger partial charge in [0.25, 0.3) is 0 Å². The van der Waals surface area contributed by atoms with E-state index in [-0.39, 0.29) is 6.61 Å². The first-order valence-corrected chi connectivity index (χ1v) is 8.37. The monoisotopic (exact) mass is 312 g/mol. The SMILES string of the molecule is OCCCN1CC[C@@H]2C[C@H]1c1cc(-c3ccnc(F)c3)ccc12. The van der Waals surface area contributed by atoms with Crippen LogP contribution in [0.25, 0.3) is 11.1 Å². The van der Waals surface area contributed by atoms with Gasteiger partial charge in [0.05, 0.1) is 0 Å². The summed E-state index contributed by atoms with van der Waals surface area (Å²) in [5, 5.41) is 9.11. The average molecular weight is 312 g/mol. The van der Waals surface area contributed by atoms with Gasteiger partial charge in [-0.25, -0.2) is 4.98 Å². The molecule has 1 aliphatic carbocycles. The fourth-order valence-electron chi connectivity index (χ4n) is 4.16. The van der Waals surface area contributed by atoms with Gasteiger partial charge in [-0.05, 0) is 66.1 Å². The summed E-state index contributed by atoms with van der Waals surface area (Å²) < 4.78 is 13.4. The first-order valence-electron chi connectivity index (χ1n) is 8.37. The van der Waals surface area contributed by atoms with Crippen LogP contribution in [-0.2, 0) is 0 Å². The maximum atomic E-state index is 13.4. The molecule has 1 saturated heterocycles. The van der Waals surface area contributed by atoms with Crippen LogP contribution in [0.2, 0.25) is 0 Å². The number of nitrogens with zero attached hydrogens (tertiary/aromatic N) is 2. The molecule has 2 heterocycles. The summed E-state index contributed by atoms with van der Waals surface area (Å²) in [4.78, 5) is 6.13. The molecule has 4 heteroatoms. The third-order valence-corrected chi connectivity index (χ3v) is 5.26. The lowest BCUT2D eigenvalue weighted by atomic mass is 9.95. The Morgan fingerprint density at radius 2 is 2.04 bits per heavy atom. The van der Waals surface area contributed by atoms with Crippen LogP contribution < -0.4 is 0 Å². The van der Waals surface area contributed by atoms with Gasteiger partial charge < -0.3 is 5.11 Å². The number of hydrogen-bond donors (Lipinski definition) is 1. The lowest BCUT2D eigenvalue weighted by molar-refractivity contribution is 0.139. The lowest BCUT2D eigenvalue weighted by Gasteiger charge is -2.33. The molecule has 0 saturated carbocycles. The van der Waals surface area contributed by atoms with E-state index in [0.29, 0.717) is 12.0 Å². The first-order chi connectivity index (χ1) is 11.3. The van der Waals surface area contributed by atoms with Crippen molar-refractivity contribution in [2.24, 2.45) is 0 Å². The van der Waals surface area contributed by atoms with Crippen molar-refractivity contribution in [2.75, 3.05) is 19.7 Å². The summed E-state index contributed by atoms with van der Waals surface area (Å²) in [5.74, 6) is 0.218. The fourth-order valence-corrected chi connectivity index (χ4v) is 4.16. The summed E-state index contributed by atoms with van der Waals surface area (Å²) >= 11 is 0. The minimum absolute atomic E-state index is 0.246. The second kappa shape index (κ2) is 6.02. The second-order valence-electron chi connectivity index (χ2n) is 6.56. The van der Waals surface area contributed by atoms with E-state index in [2.05, 4.69) is 28.1 Å². The maximum Gasteiger partial charge on any atom is 0.213 e. The number of hydrogen-bond acceptors (Lipinski definition) is 3. The number of fused-ring (bicyclic) bond motifs is 5. The molecule has 1 aromatic carbocycles. The highest BCUT2D eigenvalue weighted by Crippen LogP contribution is 2.49. The zero-order valence-electron chi connectivity index (χ0n) is 13.1. The topological polar surface area (TPSA) is 36.4 Å². The molecular formula is C19H21FN2O. The Labute approximate surface area is 135 Å². The summed E-state index contributed by atoms with van der Waals surface area (Å²) in [5.41, 5.74) is 4.78. The van der Waals surface area contributed by atoms with Gasteiger partial charge in [-0.2, -0.15) is 4.39 Å². The molecule has 4 rings (SSSR count). The van der Waals surface area contributed by atoms with Gasteiger partial charge in [0.1, 0.15) is 0 Å². The van der Waals surface area contributed by atoms with Crippen LogP contribution >= 0.6 is 0 Å². The number of piperidine rings is 1. The van der Waals surface area contributed by atoms with Crippen molar-refractivity contribution in [2.45, 2.75) is 31.2 Å². The Morgan fingerprint density at radius 3 is 2.87 bits per heavy atom. The van der Waals surface area contributed by atoms with Crippen molar-refractivity contribution in [1.29, 1.82) is 0 Å². The number of aliphatic hydroxyl groups excluding tert-OH is 1. The average Bonchev–Trinajstić information content (AvgIpc) is 2.87. The Bertz CT molecular complexity index is 716. The van der Waals surface area contributed by atoms with Crippen LogP contribution in [-0.4, -0.2) is 34.7 Å².